The number of hydrogen-bond donors (Lipinski definition) is 0. The van der Waals surface area contributed by atoms with Gasteiger partial charge in [-0.2, -0.15) is 0 Å². The van der Waals surface area contributed by atoms with Gasteiger partial charge in [-0.3, -0.25) is 19.0 Å². The van der Waals surface area contributed by atoms with Crippen molar-refractivity contribution in [1.82, 2.24) is 39.4 Å². The van der Waals surface area contributed by atoms with Gasteiger partial charge in [-0.15, -0.1) is 0 Å². The molecular formula is C46H66N14+2. The third kappa shape index (κ3) is 10.2. The van der Waals surface area contributed by atoms with Gasteiger partial charge < -0.3 is 19.6 Å². The van der Waals surface area contributed by atoms with Crippen molar-refractivity contribution in [1.29, 1.82) is 0 Å². The predicted molar refractivity (Wildman–Crippen MR) is 253 cm³/mol. The fraction of sp³-hybridized carbons (Fsp3) is 0.391. The molecule has 1 heterocycles. The van der Waals surface area contributed by atoms with Crippen LogP contribution in [0.15, 0.2) is 94.9 Å². The van der Waals surface area contributed by atoms with Crippen molar-refractivity contribution < 1.29 is 9.15 Å². The van der Waals surface area contributed by atoms with E-state index in [1.165, 1.54) is 0 Å². The standard InChI is InChI=1S/C46H66N14/c1-51(2)43(52(3)4)49-39-27-35-37(29-41(39)59(45(55(9)10)56(11)12)31-33-23-19-17-20-24-33)48-36-28-40(50-44(53(5)6)54(7)8)42(30-38(36)47-35)60(46(57(13)14)58(15)16)32-34-25-21-18-22-26-34/h17-30H,31-32H2,1-16H3/q+2. The largest absolute Gasteiger partial charge is 0.354 e. The van der Waals surface area contributed by atoms with Crippen LogP contribution >= 0.6 is 0 Å². The summed E-state index contributed by atoms with van der Waals surface area (Å²) >= 11 is 0. The van der Waals surface area contributed by atoms with Crippen LogP contribution in [0.3, 0.4) is 0 Å². The van der Waals surface area contributed by atoms with Crippen LogP contribution in [0.25, 0.3) is 22.1 Å². The van der Waals surface area contributed by atoms with E-state index >= 15 is 0 Å². The minimum atomic E-state index is 0.606. The highest BCUT2D eigenvalue weighted by molar-refractivity contribution is 6.04. The van der Waals surface area contributed by atoms with E-state index in [0.29, 0.717) is 13.1 Å². The SMILES string of the molecule is CN(C)C(=Nc1cc2nc3cc(N(Cc4ccccc4)C(N(C)C)=[N+](C)C)c(N=C(N(C)C)N(C)C)cc3nc2cc1N(Cc1ccccc1)C(N(C)C)=[N+](C)C)N(C)C. The van der Waals surface area contributed by atoms with Gasteiger partial charge in [-0.25, -0.2) is 29.8 Å². The third-order valence-corrected chi connectivity index (χ3v) is 9.70. The molecular weight excluding hydrogens is 749 g/mol. The maximum atomic E-state index is 5.39. The zero-order valence-corrected chi connectivity index (χ0v) is 38.8. The molecule has 0 aliphatic carbocycles. The Balaban J connectivity index is 1.91. The van der Waals surface area contributed by atoms with Crippen LogP contribution in [0, 0.1) is 0 Å². The lowest BCUT2D eigenvalue weighted by Crippen LogP contribution is -2.45. The Kier molecular flexibility index (Phi) is 14.2. The normalized spacial score (nSPS) is 10.8. The zero-order valence-electron chi connectivity index (χ0n) is 38.8. The second kappa shape index (κ2) is 19.1. The van der Waals surface area contributed by atoms with E-state index in [1.54, 1.807) is 0 Å². The van der Waals surface area contributed by atoms with Crippen LogP contribution in [-0.2, 0) is 13.1 Å². The number of nitrogens with zero attached hydrogens (tertiary/aromatic N) is 14. The fourth-order valence-electron chi connectivity index (χ4n) is 7.58. The number of anilines is 2. The molecule has 0 bridgehead atoms. The Labute approximate surface area is 357 Å². The Bertz CT molecular complexity index is 2200. The third-order valence-electron chi connectivity index (χ3n) is 9.70. The van der Waals surface area contributed by atoms with Gasteiger partial charge in [0.1, 0.15) is 22.7 Å². The molecule has 0 fully saturated rings. The summed E-state index contributed by atoms with van der Waals surface area (Å²) in [7, 11) is 32.7. The smallest absolute Gasteiger partial charge is 0.349 e. The number of aliphatic imine (C=N–C) groups is 2. The van der Waals surface area contributed by atoms with Gasteiger partial charge in [-0.1, -0.05) is 60.7 Å². The van der Waals surface area contributed by atoms with Gasteiger partial charge in [0.25, 0.3) is 0 Å². The molecule has 14 heteroatoms. The molecule has 0 spiro atoms. The summed E-state index contributed by atoms with van der Waals surface area (Å²) in [6, 6.07) is 29.5. The second-order valence-electron chi connectivity index (χ2n) is 16.6. The first-order valence-corrected chi connectivity index (χ1v) is 20.1. The van der Waals surface area contributed by atoms with E-state index in [2.05, 4.69) is 158 Å². The van der Waals surface area contributed by atoms with Gasteiger partial charge in [0.2, 0.25) is 11.9 Å². The highest BCUT2D eigenvalue weighted by Crippen LogP contribution is 2.38. The van der Waals surface area contributed by atoms with Crippen LogP contribution in [0.4, 0.5) is 22.7 Å². The van der Waals surface area contributed by atoms with Crippen molar-refractivity contribution in [3.8, 4) is 0 Å². The first-order valence-electron chi connectivity index (χ1n) is 20.1. The minimum absolute atomic E-state index is 0.606. The number of hydrogen-bond acceptors (Lipinski definition) is 4. The number of aromatic nitrogens is 2. The topological polar surface area (TPSA) is 82.4 Å². The molecule has 5 rings (SSSR count). The van der Waals surface area contributed by atoms with Crippen molar-refractivity contribution in [3.63, 3.8) is 0 Å². The van der Waals surface area contributed by atoms with Gasteiger partial charge in [0.05, 0.1) is 91.5 Å². The lowest BCUT2D eigenvalue weighted by Gasteiger charge is -2.28. The average molecular weight is 815 g/mol. The molecule has 318 valence electrons. The Morgan fingerprint density at radius 3 is 1.00 bits per heavy atom. The summed E-state index contributed by atoms with van der Waals surface area (Å²) in [6.45, 7) is 1.21. The average Bonchev–Trinajstić information content (AvgIpc) is 3.16. The Hall–Kier alpha value is -6.44. The van der Waals surface area contributed by atoms with Crippen LogP contribution in [0.1, 0.15) is 11.1 Å². The molecule has 0 saturated carbocycles. The minimum Gasteiger partial charge on any atom is -0.349 e. The lowest BCUT2D eigenvalue weighted by molar-refractivity contribution is -0.470. The predicted octanol–water partition coefficient (Wildman–Crippen LogP) is 5.40. The molecule has 0 amide bonds. The maximum absolute atomic E-state index is 5.39. The summed E-state index contributed by atoms with van der Waals surface area (Å²) < 4.78 is 4.27. The number of guanidine groups is 4. The quantitative estimate of drug-likeness (QED) is 0.0881. The highest BCUT2D eigenvalue weighted by Gasteiger charge is 2.31. The first kappa shape index (κ1) is 44.7. The van der Waals surface area contributed by atoms with Gasteiger partial charge >= 0.3 is 11.9 Å². The molecule has 0 aliphatic heterocycles. The molecule has 0 atom stereocenters. The highest BCUT2D eigenvalue weighted by atomic mass is 15.4. The molecule has 0 saturated heterocycles. The van der Waals surface area contributed by atoms with E-state index in [-0.39, 0.29) is 0 Å². The molecule has 1 aromatic heterocycles. The molecule has 0 N–H and O–H groups in total. The maximum Gasteiger partial charge on any atom is 0.354 e. The summed E-state index contributed by atoms with van der Waals surface area (Å²) in [4.78, 5) is 38.5. The number of fused-ring (bicyclic) bond motifs is 2. The van der Waals surface area contributed by atoms with Crippen molar-refractivity contribution in [2.45, 2.75) is 13.1 Å². The molecule has 4 aromatic carbocycles. The van der Waals surface area contributed by atoms with Crippen LogP contribution in [-0.4, -0.2) is 185 Å². The molecule has 0 aliphatic rings. The van der Waals surface area contributed by atoms with Crippen molar-refractivity contribution in [2.24, 2.45) is 9.98 Å². The van der Waals surface area contributed by atoms with Crippen molar-refractivity contribution >= 4 is 68.7 Å². The van der Waals surface area contributed by atoms with E-state index in [9.17, 15) is 0 Å². The van der Waals surface area contributed by atoms with Crippen LogP contribution in [0.2, 0.25) is 0 Å². The molecule has 5 aromatic rings. The van der Waals surface area contributed by atoms with Crippen LogP contribution in [0.5, 0.6) is 0 Å². The Morgan fingerprint density at radius 2 is 0.733 bits per heavy atom. The fourth-order valence-corrected chi connectivity index (χ4v) is 7.58. The lowest BCUT2D eigenvalue weighted by atomic mass is 10.1. The summed E-state index contributed by atoms with van der Waals surface area (Å²) in [5, 5.41) is 0. The second-order valence-corrected chi connectivity index (χ2v) is 16.6. The number of rotatable bonds is 8. The van der Waals surface area contributed by atoms with Crippen molar-refractivity contribution in [2.75, 3.05) is 123 Å². The summed E-state index contributed by atoms with van der Waals surface area (Å²) in [6.07, 6.45) is 0. The van der Waals surface area contributed by atoms with E-state index in [1.807, 2.05) is 88.1 Å². The number of benzene rings is 4. The van der Waals surface area contributed by atoms with Gasteiger partial charge in [0.15, 0.2) is 0 Å². The van der Waals surface area contributed by atoms with Gasteiger partial charge in [-0.05, 0) is 23.3 Å². The van der Waals surface area contributed by atoms with Gasteiger partial charge in [0, 0.05) is 68.5 Å². The zero-order chi connectivity index (χ0) is 44.0. The summed E-state index contributed by atoms with van der Waals surface area (Å²) in [5.74, 6) is 3.59. The molecule has 0 radical (unpaired) electrons. The first-order chi connectivity index (χ1) is 28.4. The van der Waals surface area contributed by atoms with E-state index in [4.69, 9.17) is 20.0 Å². The Morgan fingerprint density at radius 1 is 0.433 bits per heavy atom. The van der Waals surface area contributed by atoms with Crippen molar-refractivity contribution in [3.05, 3.63) is 96.1 Å². The molecule has 14 nitrogen and oxygen atoms in total. The van der Waals surface area contributed by atoms with Crippen LogP contribution < -0.4 is 9.80 Å². The van der Waals surface area contributed by atoms with E-state index in [0.717, 1.165) is 79.8 Å². The molecule has 60 heavy (non-hydrogen) atoms. The van der Waals surface area contributed by atoms with E-state index < -0.39 is 0 Å². The summed E-state index contributed by atoms with van der Waals surface area (Å²) in [5.41, 5.74) is 8.66. The molecule has 0 unspecified atom stereocenters. The monoisotopic (exact) mass is 815 g/mol.